The first kappa shape index (κ1) is 17.5. The van der Waals surface area contributed by atoms with Gasteiger partial charge in [-0.05, 0) is 61.7 Å². The fourth-order valence-electron chi connectivity index (χ4n) is 5.50. The minimum atomic E-state index is 0.0762. The van der Waals surface area contributed by atoms with Gasteiger partial charge in [-0.15, -0.1) is 0 Å². The SMILES string of the molecule is COc1ccc([C@@H]2CN(C(=O)c3ccc(N)nc3)[C@@H]3C4CCN(CC4)[C@@H]32)cc1. The van der Waals surface area contributed by atoms with Gasteiger partial charge in [-0.1, -0.05) is 12.1 Å². The molecule has 28 heavy (non-hydrogen) atoms. The molecule has 1 aromatic carbocycles. The van der Waals surface area contributed by atoms with Crippen LogP contribution in [0.5, 0.6) is 5.75 Å². The Hall–Kier alpha value is -2.60. The molecule has 6 heteroatoms. The number of nitrogens with zero attached hydrogens (tertiary/aromatic N) is 3. The molecule has 6 rings (SSSR count). The van der Waals surface area contributed by atoms with Gasteiger partial charge < -0.3 is 15.4 Å². The van der Waals surface area contributed by atoms with Crippen LogP contribution in [0.25, 0.3) is 0 Å². The zero-order chi connectivity index (χ0) is 19.3. The molecular formula is C22H26N4O2. The number of piperidine rings is 3. The quantitative estimate of drug-likeness (QED) is 0.888. The first-order chi connectivity index (χ1) is 13.7. The fourth-order valence-corrected chi connectivity index (χ4v) is 5.50. The molecule has 0 unspecified atom stereocenters. The van der Waals surface area contributed by atoms with Crippen molar-refractivity contribution in [3.8, 4) is 5.75 Å². The number of pyridine rings is 1. The summed E-state index contributed by atoms with van der Waals surface area (Å²) in [6.45, 7) is 3.03. The number of benzene rings is 1. The molecule has 1 aromatic heterocycles. The van der Waals surface area contributed by atoms with E-state index in [1.54, 1.807) is 25.4 Å². The Morgan fingerprint density at radius 3 is 2.50 bits per heavy atom. The van der Waals surface area contributed by atoms with Crippen molar-refractivity contribution in [2.75, 3.05) is 32.5 Å². The van der Waals surface area contributed by atoms with Crippen LogP contribution in [0, 0.1) is 5.92 Å². The van der Waals surface area contributed by atoms with Gasteiger partial charge in [0, 0.05) is 24.7 Å². The molecule has 2 aromatic rings. The standard InChI is InChI=1S/C22H26N4O2/c1-28-17-5-2-14(3-6-17)18-13-26(22(27)16-4-7-19(23)24-12-16)20-15-8-10-25(11-9-15)21(18)20/h2-7,12,15,18,20-21H,8-11,13H2,1H3,(H2,23,24)/t18-,20+,21+/m0/s1. The average Bonchev–Trinajstić information content (AvgIpc) is 3.17. The molecular weight excluding hydrogens is 352 g/mol. The number of ether oxygens (including phenoxy) is 1. The predicted octanol–water partition coefficient (Wildman–Crippen LogP) is 2.37. The van der Waals surface area contributed by atoms with Crippen LogP contribution in [0.2, 0.25) is 0 Å². The highest BCUT2D eigenvalue weighted by molar-refractivity contribution is 5.94. The number of rotatable bonds is 3. The van der Waals surface area contributed by atoms with Gasteiger partial charge in [0.15, 0.2) is 0 Å². The zero-order valence-electron chi connectivity index (χ0n) is 16.1. The highest BCUT2D eigenvalue weighted by Crippen LogP contribution is 2.47. The fraction of sp³-hybridized carbons (Fsp3) is 0.455. The number of hydrogen-bond donors (Lipinski definition) is 1. The smallest absolute Gasteiger partial charge is 0.255 e. The lowest BCUT2D eigenvalue weighted by atomic mass is 9.75. The summed E-state index contributed by atoms with van der Waals surface area (Å²) in [6, 6.07) is 12.5. The number of nitrogens with two attached hydrogens (primary N) is 1. The van der Waals surface area contributed by atoms with Gasteiger partial charge in [0.1, 0.15) is 11.6 Å². The second-order valence-electron chi connectivity index (χ2n) is 8.16. The predicted molar refractivity (Wildman–Crippen MR) is 107 cm³/mol. The van der Waals surface area contributed by atoms with E-state index >= 15 is 0 Å². The molecule has 2 N–H and O–H groups in total. The first-order valence-corrected chi connectivity index (χ1v) is 10.1. The first-order valence-electron chi connectivity index (χ1n) is 10.1. The third-order valence-corrected chi connectivity index (χ3v) is 6.83. The highest BCUT2D eigenvalue weighted by atomic mass is 16.5. The van der Waals surface area contributed by atoms with E-state index in [9.17, 15) is 4.79 Å². The van der Waals surface area contributed by atoms with E-state index in [1.807, 2.05) is 12.1 Å². The number of anilines is 1. The summed E-state index contributed by atoms with van der Waals surface area (Å²) in [6.07, 6.45) is 3.97. The van der Waals surface area contributed by atoms with Crippen LogP contribution in [0.1, 0.15) is 34.7 Å². The van der Waals surface area contributed by atoms with E-state index in [0.29, 0.717) is 29.3 Å². The highest BCUT2D eigenvalue weighted by Gasteiger charge is 2.54. The maximum atomic E-state index is 13.4. The number of carbonyl (C=O) groups is 1. The van der Waals surface area contributed by atoms with E-state index in [0.717, 1.165) is 25.4 Å². The van der Waals surface area contributed by atoms with Crippen LogP contribution in [0.4, 0.5) is 5.82 Å². The van der Waals surface area contributed by atoms with Crippen molar-refractivity contribution in [2.24, 2.45) is 5.92 Å². The number of fused-ring (bicyclic) bond motifs is 2. The molecule has 4 aliphatic rings. The minimum Gasteiger partial charge on any atom is -0.497 e. The van der Waals surface area contributed by atoms with Crippen molar-refractivity contribution in [3.63, 3.8) is 0 Å². The molecule has 0 saturated carbocycles. The number of hydrogen-bond acceptors (Lipinski definition) is 5. The molecule has 1 amide bonds. The van der Waals surface area contributed by atoms with Gasteiger partial charge in [0.2, 0.25) is 0 Å². The normalized spacial score (nSPS) is 30.9. The Labute approximate surface area is 165 Å². The largest absolute Gasteiger partial charge is 0.497 e. The van der Waals surface area contributed by atoms with E-state index in [-0.39, 0.29) is 11.9 Å². The Bertz CT molecular complexity index is 859. The van der Waals surface area contributed by atoms with E-state index in [2.05, 4.69) is 26.9 Å². The summed E-state index contributed by atoms with van der Waals surface area (Å²) in [4.78, 5) is 22.2. The van der Waals surface area contributed by atoms with Crippen molar-refractivity contribution >= 4 is 11.7 Å². The number of nitrogen functional groups attached to an aromatic ring is 1. The van der Waals surface area contributed by atoms with Gasteiger partial charge >= 0.3 is 0 Å². The van der Waals surface area contributed by atoms with Crippen LogP contribution in [-0.2, 0) is 0 Å². The van der Waals surface area contributed by atoms with Crippen LogP contribution in [0.15, 0.2) is 42.6 Å². The van der Waals surface area contributed by atoms with Crippen molar-refractivity contribution in [3.05, 3.63) is 53.7 Å². The molecule has 4 fully saturated rings. The van der Waals surface area contributed by atoms with Crippen LogP contribution in [0.3, 0.4) is 0 Å². The number of aromatic nitrogens is 1. The minimum absolute atomic E-state index is 0.0762. The van der Waals surface area contributed by atoms with E-state index in [1.165, 1.54) is 18.4 Å². The maximum Gasteiger partial charge on any atom is 0.255 e. The van der Waals surface area contributed by atoms with Crippen molar-refractivity contribution < 1.29 is 9.53 Å². The maximum absolute atomic E-state index is 13.4. The summed E-state index contributed by atoms with van der Waals surface area (Å²) in [5.41, 5.74) is 7.62. The summed E-state index contributed by atoms with van der Waals surface area (Å²) in [5, 5.41) is 0. The number of likely N-dealkylation sites (tertiary alicyclic amines) is 1. The summed E-state index contributed by atoms with van der Waals surface area (Å²) >= 11 is 0. The molecule has 0 radical (unpaired) electrons. The Kier molecular flexibility index (Phi) is 4.23. The van der Waals surface area contributed by atoms with Gasteiger partial charge in [0.25, 0.3) is 5.91 Å². The average molecular weight is 378 g/mol. The molecule has 5 heterocycles. The van der Waals surface area contributed by atoms with Crippen molar-refractivity contribution in [1.82, 2.24) is 14.8 Å². The monoisotopic (exact) mass is 378 g/mol. The Balaban J connectivity index is 1.49. The molecule has 4 aliphatic heterocycles. The molecule has 3 atom stereocenters. The van der Waals surface area contributed by atoms with Crippen molar-refractivity contribution in [2.45, 2.75) is 30.8 Å². The van der Waals surface area contributed by atoms with Crippen LogP contribution in [-0.4, -0.2) is 59.5 Å². The Morgan fingerprint density at radius 2 is 1.86 bits per heavy atom. The third kappa shape index (κ3) is 2.75. The zero-order valence-corrected chi connectivity index (χ0v) is 16.1. The molecule has 146 valence electrons. The summed E-state index contributed by atoms with van der Waals surface area (Å²) < 4.78 is 5.32. The lowest BCUT2D eigenvalue weighted by Gasteiger charge is -2.51. The molecule has 2 bridgehead atoms. The molecule has 6 nitrogen and oxygen atoms in total. The number of methoxy groups -OCH3 is 1. The topological polar surface area (TPSA) is 71.7 Å². The van der Waals surface area contributed by atoms with Gasteiger partial charge in [-0.2, -0.15) is 0 Å². The lowest BCUT2D eigenvalue weighted by molar-refractivity contribution is -0.00341. The lowest BCUT2D eigenvalue weighted by Crippen LogP contribution is -2.60. The van der Waals surface area contributed by atoms with E-state index < -0.39 is 0 Å². The van der Waals surface area contributed by atoms with Crippen molar-refractivity contribution in [1.29, 1.82) is 0 Å². The van der Waals surface area contributed by atoms with Gasteiger partial charge in [-0.25, -0.2) is 4.98 Å². The second-order valence-corrected chi connectivity index (χ2v) is 8.16. The second kappa shape index (κ2) is 6.78. The molecule has 4 saturated heterocycles. The molecule has 0 aliphatic carbocycles. The third-order valence-electron chi connectivity index (χ3n) is 6.83. The van der Waals surface area contributed by atoms with Crippen LogP contribution < -0.4 is 10.5 Å². The number of amides is 1. The Morgan fingerprint density at radius 1 is 1.11 bits per heavy atom. The van der Waals surface area contributed by atoms with Gasteiger partial charge in [0.05, 0.1) is 18.7 Å². The molecule has 0 spiro atoms. The van der Waals surface area contributed by atoms with Gasteiger partial charge in [-0.3, -0.25) is 9.69 Å². The van der Waals surface area contributed by atoms with Crippen LogP contribution >= 0.6 is 0 Å². The summed E-state index contributed by atoms with van der Waals surface area (Å²) in [7, 11) is 1.69. The number of carbonyl (C=O) groups excluding carboxylic acids is 1. The van der Waals surface area contributed by atoms with E-state index in [4.69, 9.17) is 10.5 Å². The summed E-state index contributed by atoms with van der Waals surface area (Å²) in [5.74, 6) is 2.29.